The van der Waals surface area contributed by atoms with Gasteiger partial charge in [-0.25, -0.2) is 14.4 Å². The molecule has 0 aliphatic rings. The molecule has 0 fully saturated rings. The molecule has 0 spiro atoms. The second-order valence-corrected chi connectivity index (χ2v) is 13.7. The van der Waals surface area contributed by atoms with Gasteiger partial charge in [-0.2, -0.15) is 0 Å². The molecule has 20 nitrogen and oxygen atoms in total. The van der Waals surface area contributed by atoms with E-state index in [9.17, 15) is 19.2 Å². The van der Waals surface area contributed by atoms with Gasteiger partial charge in [0.15, 0.2) is 0 Å². The molecule has 0 radical (unpaired) electrons. The van der Waals surface area contributed by atoms with E-state index in [1.807, 2.05) is 4.93 Å². The molecule has 0 saturated carbocycles. The molecule has 336 valence electrons. The third kappa shape index (κ3) is 30.2. The Hall–Kier alpha value is -2.91. The van der Waals surface area contributed by atoms with Crippen molar-refractivity contribution < 1.29 is 111 Å². The number of esters is 4. The molecular weight excluding hydrogens is 883 g/mol. The van der Waals surface area contributed by atoms with E-state index in [0.29, 0.717) is 71.7 Å². The Bertz CT molecular complexity index is 1220. The molecule has 0 rings (SSSR count). The van der Waals surface area contributed by atoms with E-state index in [-0.39, 0.29) is 64.2 Å². The van der Waals surface area contributed by atoms with E-state index in [0.717, 1.165) is 24.3 Å². The van der Waals surface area contributed by atoms with Crippen LogP contribution in [0.15, 0.2) is 50.6 Å². The van der Waals surface area contributed by atoms with Gasteiger partial charge in [-0.1, -0.05) is 19.7 Å². The van der Waals surface area contributed by atoms with E-state index in [1.165, 1.54) is 0 Å². The van der Waals surface area contributed by atoms with Gasteiger partial charge in [0.25, 0.3) is 0 Å². The van der Waals surface area contributed by atoms with Gasteiger partial charge >= 0.3 is 280 Å². The summed E-state index contributed by atoms with van der Waals surface area (Å²) in [6.07, 6.45) is 6.41. The normalized spacial score (nSPS) is 14.4. The number of rotatable bonds is 40. The first-order chi connectivity index (χ1) is 27.7. The van der Waals surface area contributed by atoms with Crippen LogP contribution in [0.2, 0.25) is 0 Å². The van der Waals surface area contributed by atoms with Gasteiger partial charge in [0.1, 0.15) is 6.61 Å². The van der Waals surface area contributed by atoms with Crippen molar-refractivity contribution >= 4 is 23.9 Å². The predicted octanol–water partition coefficient (Wildman–Crippen LogP) is -1.09. The molecule has 0 heterocycles. The van der Waals surface area contributed by atoms with Crippen molar-refractivity contribution in [1.29, 1.82) is 0 Å². The summed E-state index contributed by atoms with van der Waals surface area (Å²) in [6, 6.07) is 0. The maximum absolute atomic E-state index is 11.4. The quantitative estimate of drug-likeness (QED) is 0.0106. The Kier molecular flexibility index (Phi) is 32.2. The fourth-order valence-electron chi connectivity index (χ4n) is 4.69. The van der Waals surface area contributed by atoms with Gasteiger partial charge in [-0.05, 0) is 0 Å². The molecule has 0 saturated heterocycles. The average molecular weight is 951 g/mol. The van der Waals surface area contributed by atoms with Crippen molar-refractivity contribution in [3.8, 4) is 0 Å². The van der Waals surface area contributed by atoms with Crippen LogP contribution in [0.3, 0.4) is 0 Å². The van der Waals surface area contributed by atoms with Crippen LogP contribution in [0.5, 0.6) is 0 Å². The van der Waals surface area contributed by atoms with Crippen molar-refractivity contribution in [2.45, 2.75) is 25.7 Å². The Balaban J connectivity index is 5.91. The van der Waals surface area contributed by atoms with Crippen LogP contribution < -0.4 is 21.6 Å². The SMILES string of the molecule is C=CC(=O)OCCOCCCN(C)O[N+](C)(CCCOCCOC(=O)C=C)O[N+](C)(CCCOCCOC(=O)C=C)O[N+](C)(CCCOCCOC(=O)C=C)O[I-]C. The van der Waals surface area contributed by atoms with E-state index >= 15 is 0 Å². The van der Waals surface area contributed by atoms with Gasteiger partial charge in [0.2, 0.25) is 0 Å². The number of ether oxygens (including phenoxy) is 8. The second kappa shape index (κ2) is 33.9. The van der Waals surface area contributed by atoms with Crippen molar-refractivity contribution in [1.82, 2.24) is 5.06 Å². The van der Waals surface area contributed by atoms with Gasteiger partial charge in [0.05, 0.1) is 6.61 Å². The average Bonchev–Trinajstić information content (AvgIpc) is 3.18. The van der Waals surface area contributed by atoms with Crippen molar-refractivity contribution in [2.24, 2.45) is 0 Å². The number of halogens is 1. The van der Waals surface area contributed by atoms with Gasteiger partial charge < -0.3 is 9.47 Å². The van der Waals surface area contributed by atoms with Crippen molar-refractivity contribution in [3.05, 3.63) is 50.6 Å². The van der Waals surface area contributed by atoms with Crippen LogP contribution >= 0.6 is 0 Å². The molecule has 3 atom stereocenters. The molecule has 3 unspecified atom stereocenters. The van der Waals surface area contributed by atoms with Gasteiger partial charge in [0, 0.05) is 18.2 Å². The Morgan fingerprint density at radius 1 is 0.500 bits per heavy atom. The Morgan fingerprint density at radius 3 is 1.19 bits per heavy atom. The first-order valence-corrected chi connectivity index (χ1v) is 21.8. The molecule has 0 aliphatic carbocycles. The van der Waals surface area contributed by atoms with Gasteiger partial charge in [-0.15, -0.1) is 0 Å². The Morgan fingerprint density at radius 2 is 0.828 bits per heavy atom. The number of hydroxylamine groups is 14. The Labute approximate surface area is 353 Å². The number of nitrogens with zero attached hydrogens (tertiary/aromatic N) is 4. The van der Waals surface area contributed by atoms with Crippen LogP contribution in [0.4, 0.5) is 0 Å². The number of carbonyl (C=O) groups excluding carboxylic acids is 4. The molecule has 0 aromatic heterocycles. The molecule has 0 amide bonds. The number of hydrogen-bond acceptors (Lipinski definition) is 17. The van der Waals surface area contributed by atoms with Crippen molar-refractivity contribution in [2.75, 3.05) is 139 Å². The third-order valence-electron chi connectivity index (χ3n) is 7.09. The van der Waals surface area contributed by atoms with Crippen LogP contribution in [0.25, 0.3) is 0 Å². The van der Waals surface area contributed by atoms with Crippen LogP contribution in [-0.4, -0.2) is 182 Å². The second-order valence-electron chi connectivity index (χ2n) is 12.4. The number of quaternary nitrogens is 3. The summed E-state index contributed by atoms with van der Waals surface area (Å²) in [7, 11) is 7.02. The summed E-state index contributed by atoms with van der Waals surface area (Å²) in [5, 5.41) is 1.63. The fraction of sp³-hybridized carbons (Fsp3) is 0.676. The molecule has 58 heavy (non-hydrogen) atoms. The van der Waals surface area contributed by atoms with E-state index in [2.05, 4.69) is 26.3 Å². The standard InChI is InChI=1S/C37H67IN4O16/c1-10-34(43)51-30-26-47-22-14-18-39(6)56-41(8,20-16-24-49-28-32-53-36(45)12-3)58-42(9,21-17-25-50-29-33-54-37(46)13-4)57-40(7,55-38-5)19-15-23-48-27-31-52-35(44)11-2/h10-13H,1-4,14-33H2,5-9H3/q+2. The van der Waals surface area contributed by atoms with Crippen molar-refractivity contribution in [3.63, 3.8) is 0 Å². The third-order valence-corrected chi connectivity index (χ3v) is 8.32. The van der Waals surface area contributed by atoms with E-state index in [1.54, 1.807) is 33.3 Å². The molecule has 0 aliphatic heterocycles. The molecule has 0 aromatic carbocycles. The molecule has 0 N–H and O–H groups in total. The summed E-state index contributed by atoms with van der Waals surface area (Å²) in [5.41, 5.74) is 0. The van der Waals surface area contributed by atoms with Crippen LogP contribution in [-0.2, 0) is 75.1 Å². The van der Waals surface area contributed by atoms with Crippen LogP contribution in [0, 0.1) is 0 Å². The maximum atomic E-state index is 11.4. The summed E-state index contributed by atoms with van der Waals surface area (Å²) < 4.78 is 48.7. The zero-order chi connectivity index (χ0) is 43.5. The number of carbonyl (C=O) groups is 4. The number of hydrogen-bond donors (Lipinski definition) is 0. The molecule has 0 aromatic rings. The summed E-state index contributed by atoms with van der Waals surface area (Å²) >= 11 is -0.737. The van der Waals surface area contributed by atoms with E-state index < -0.39 is 55.1 Å². The molecule has 0 bridgehead atoms. The topological polar surface area (TPSA) is 182 Å². The predicted molar refractivity (Wildman–Crippen MR) is 202 cm³/mol. The first kappa shape index (κ1) is 55.1. The van der Waals surface area contributed by atoms with Gasteiger partial charge in [-0.3, -0.25) is 0 Å². The first-order valence-electron chi connectivity index (χ1n) is 18.7. The zero-order valence-electron chi connectivity index (χ0n) is 35.0. The summed E-state index contributed by atoms with van der Waals surface area (Å²) in [5.74, 6) is -2.10. The fourth-order valence-corrected chi connectivity index (χ4v) is 5.79. The zero-order valence-corrected chi connectivity index (χ0v) is 37.1. The molecular formula is C37H67IN4O16+2. The van der Waals surface area contributed by atoms with E-state index in [4.69, 9.17) is 55.9 Å². The number of alkyl halides is 1. The summed E-state index contributed by atoms with van der Waals surface area (Å²) in [4.78, 5) is 65.9. The monoisotopic (exact) mass is 950 g/mol. The minimum atomic E-state index is -0.737. The summed E-state index contributed by atoms with van der Waals surface area (Å²) in [6.45, 7) is 17.4. The molecule has 21 heteroatoms. The van der Waals surface area contributed by atoms with Crippen LogP contribution in [0.1, 0.15) is 25.7 Å². The minimum absolute atomic E-state index is 0.0768.